The van der Waals surface area contributed by atoms with E-state index >= 15 is 0 Å². The van der Waals surface area contributed by atoms with E-state index in [1.165, 1.54) is 21.2 Å². The molecule has 1 atom stereocenters. The molecule has 0 radical (unpaired) electrons. The van der Waals surface area contributed by atoms with Crippen LogP contribution in [0.3, 0.4) is 0 Å². The first-order valence-corrected chi connectivity index (χ1v) is 12.5. The van der Waals surface area contributed by atoms with E-state index in [1.54, 1.807) is 17.5 Å². The number of hydrogen-bond donors (Lipinski definition) is 1. The average Bonchev–Trinajstić information content (AvgIpc) is 3.27. The summed E-state index contributed by atoms with van der Waals surface area (Å²) in [5, 5.41) is 4.63. The van der Waals surface area contributed by atoms with Gasteiger partial charge in [0.25, 0.3) is 10.0 Å². The Kier molecular flexibility index (Phi) is 7.21. The monoisotopic (exact) mass is 450 g/mol. The number of amides is 1. The fraction of sp³-hybridized carbons (Fsp3) is 0.500. The topological polar surface area (TPSA) is 75.7 Å². The van der Waals surface area contributed by atoms with Gasteiger partial charge < -0.3 is 10.1 Å². The van der Waals surface area contributed by atoms with E-state index in [2.05, 4.69) is 38.2 Å². The molecule has 8 heteroatoms. The van der Waals surface area contributed by atoms with Crippen molar-refractivity contribution in [1.82, 2.24) is 9.62 Å². The molecule has 0 unspecified atom stereocenters. The molecule has 1 saturated heterocycles. The highest BCUT2D eigenvalue weighted by atomic mass is 32.2. The van der Waals surface area contributed by atoms with Crippen LogP contribution in [0.25, 0.3) is 0 Å². The Balaban J connectivity index is 1.46. The summed E-state index contributed by atoms with van der Waals surface area (Å²) in [5.74, 6) is 0.315. The number of nitrogens with zero attached hydrogens (tertiary/aromatic N) is 1. The summed E-state index contributed by atoms with van der Waals surface area (Å²) in [5.41, 5.74) is 1.33. The summed E-state index contributed by atoms with van der Waals surface area (Å²) in [4.78, 5) is 12.5. The lowest BCUT2D eigenvalue weighted by molar-refractivity contribution is -0.126. The predicted molar refractivity (Wildman–Crippen MR) is 119 cm³/mol. The lowest BCUT2D eigenvalue weighted by Crippen LogP contribution is -2.45. The molecular formula is C22H30N2O4S2. The van der Waals surface area contributed by atoms with Gasteiger partial charge in [-0.25, -0.2) is 8.42 Å². The molecule has 0 bridgehead atoms. The minimum Gasteiger partial charge on any atom is -0.492 e. The number of carbonyl (C=O) groups is 1. The molecule has 1 N–H and O–H groups in total. The van der Waals surface area contributed by atoms with Crippen molar-refractivity contribution in [3.05, 3.63) is 47.3 Å². The predicted octanol–water partition coefficient (Wildman–Crippen LogP) is 3.64. The van der Waals surface area contributed by atoms with E-state index in [9.17, 15) is 13.2 Å². The zero-order chi connectivity index (χ0) is 21.8. The molecule has 1 aliphatic heterocycles. The third-order valence-corrected chi connectivity index (χ3v) is 8.47. The summed E-state index contributed by atoms with van der Waals surface area (Å²) >= 11 is 1.20. The minimum atomic E-state index is -3.51. The lowest BCUT2D eigenvalue weighted by atomic mass is 9.87. The van der Waals surface area contributed by atoms with Crippen molar-refractivity contribution in [2.24, 2.45) is 5.92 Å². The number of piperidine rings is 1. The van der Waals surface area contributed by atoms with Gasteiger partial charge in [-0.2, -0.15) is 4.31 Å². The van der Waals surface area contributed by atoms with Gasteiger partial charge in [0.2, 0.25) is 5.91 Å². The summed E-state index contributed by atoms with van der Waals surface area (Å²) in [6.45, 7) is 7.92. The second kappa shape index (κ2) is 9.49. The molecule has 6 nitrogen and oxygen atoms in total. The van der Waals surface area contributed by atoms with Gasteiger partial charge in [-0.05, 0) is 47.4 Å². The van der Waals surface area contributed by atoms with E-state index in [0.717, 1.165) is 5.75 Å². The maximum atomic E-state index is 12.7. The van der Waals surface area contributed by atoms with Crippen molar-refractivity contribution < 1.29 is 17.9 Å². The number of sulfonamides is 1. The first-order valence-electron chi connectivity index (χ1n) is 10.2. The van der Waals surface area contributed by atoms with Crippen molar-refractivity contribution in [1.29, 1.82) is 0 Å². The Bertz CT molecular complexity index is 933. The highest BCUT2D eigenvalue weighted by Gasteiger charge is 2.33. The minimum absolute atomic E-state index is 0.0946. The lowest BCUT2D eigenvalue weighted by Gasteiger charge is -2.30. The Morgan fingerprint density at radius 1 is 1.23 bits per heavy atom. The smallest absolute Gasteiger partial charge is 0.252 e. The van der Waals surface area contributed by atoms with Gasteiger partial charge in [-0.3, -0.25) is 4.79 Å². The third kappa shape index (κ3) is 5.62. The van der Waals surface area contributed by atoms with Crippen molar-refractivity contribution in [3.63, 3.8) is 0 Å². The molecule has 164 valence electrons. The Morgan fingerprint density at radius 3 is 2.60 bits per heavy atom. The quantitative estimate of drug-likeness (QED) is 0.654. The van der Waals surface area contributed by atoms with Crippen molar-refractivity contribution in [3.8, 4) is 5.75 Å². The molecule has 1 aromatic carbocycles. The second-order valence-corrected chi connectivity index (χ2v) is 11.7. The van der Waals surface area contributed by atoms with Crippen molar-refractivity contribution in [2.75, 3.05) is 26.2 Å². The first kappa shape index (κ1) is 22.8. The van der Waals surface area contributed by atoms with Gasteiger partial charge in [-0.15, -0.1) is 11.3 Å². The molecule has 1 fully saturated rings. The molecule has 30 heavy (non-hydrogen) atoms. The van der Waals surface area contributed by atoms with Gasteiger partial charge in [0, 0.05) is 13.1 Å². The number of nitrogens with one attached hydrogen (secondary N) is 1. The van der Waals surface area contributed by atoms with E-state index in [-0.39, 0.29) is 23.8 Å². The molecule has 2 heterocycles. The van der Waals surface area contributed by atoms with Crippen LogP contribution in [0.1, 0.15) is 39.2 Å². The number of ether oxygens (including phenoxy) is 1. The fourth-order valence-electron chi connectivity index (χ4n) is 3.45. The molecule has 1 amide bonds. The zero-order valence-corrected chi connectivity index (χ0v) is 19.4. The number of rotatable bonds is 7. The number of hydrogen-bond acceptors (Lipinski definition) is 5. The van der Waals surface area contributed by atoms with Crippen LogP contribution in [-0.4, -0.2) is 44.9 Å². The maximum absolute atomic E-state index is 12.7. The van der Waals surface area contributed by atoms with Crippen LogP contribution in [-0.2, 0) is 20.2 Å². The van der Waals surface area contributed by atoms with E-state index in [4.69, 9.17) is 4.74 Å². The van der Waals surface area contributed by atoms with Crippen LogP contribution in [0.15, 0.2) is 46.0 Å². The van der Waals surface area contributed by atoms with Gasteiger partial charge >= 0.3 is 0 Å². The number of thiophene rings is 1. The normalized spacial score (nSPS) is 18.2. The fourth-order valence-corrected chi connectivity index (χ4v) is 6.12. The van der Waals surface area contributed by atoms with Crippen LogP contribution in [0.5, 0.6) is 5.75 Å². The largest absolute Gasteiger partial charge is 0.492 e. The maximum Gasteiger partial charge on any atom is 0.252 e. The molecule has 3 rings (SSSR count). The Hall–Kier alpha value is -1.90. The highest BCUT2D eigenvalue weighted by molar-refractivity contribution is 7.91. The average molecular weight is 451 g/mol. The van der Waals surface area contributed by atoms with Gasteiger partial charge in [0.15, 0.2) is 0 Å². The number of carbonyl (C=O) groups excluding carboxylic acids is 1. The SMILES string of the molecule is CC(C)(C)c1ccc(OCCNC(=O)[C@@H]2CCCN(S(=O)(=O)c3cccs3)C2)cc1. The summed E-state index contributed by atoms with van der Waals surface area (Å²) in [6.07, 6.45) is 1.37. The summed E-state index contributed by atoms with van der Waals surface area (Å²) in [6, 6.07) is 11.3. The van der Waals surface area contributed by atoms with Gasteiger partial charge in [0.05, 0.1) is 12.5 Å². The standard InChI is InChI=1S/C22H30N2O4S2/c1-22(2,3)18-8-10-19(11-9-18)28-14-12-23-21(25)17-6-4-13-24(16-17)30(26,27)20-7-5-15-29-20/h5,7-11,15,17H,4,6,12-14,16H2,1-3H3,(H,23,25)/t17-/m1/s1. The van der Waals surface area contributed by atoms with Crippen LogP contribution in [0.2, 0.25) is 0 Å². The third-order valence-electron chi connectivity index (χ3n) is 5.23. The van der Waals surface area contributed by atoms with Crippen LogP contribution in [0.4, 0.5) is 0 Å². The van der Waals surface area contributed by atoms with E-state index < -0.39 is 10.0 Å². The molecule has 0 saturated carbocycles. The molecule has 1 aromatic heterocycles. The Morgan fingerprint density at radius 2 is 1.97 bits per heavy atom. The van der Waals surface area contributed by atoms with Crippen molar-refractivity contribution >= 4 is 27.3 Å². The molecule has 0 spiro atoms. The Labute approximate surface area is 183 Å². The molecule has 2 aromatic rings. The van der Waals surface area contributed by atoms with Crippen LogP contribution in [0, 0.1) is 5.92 Å². The zero-order valence-electron chi connectivity index (χ0n) is 17.8. The summed E-state index contributed by atoms with van der Waals surface area (Å²) in [7, 11) is -3.51. The van der Waals surface area contributed by atoms with E-state index in [0.29, 0.717) is 36.7 Å². The molecular weight excluding hydrogens is 420 g/mol. The number of benzene rings is 1. The summed E-state index contributed by atoms with van der Waals surface area (Å²) < 4.78 is 32.9. The van der Waals surface area contributed by atoms with Crippen LogP contribution < -0.4 is 10.1 Å². The van der Waals surface area contributed by atoms with E-state index in [1.807, 2.05) is 12.1 Å². The van der Waals surface area contributed by atoms with Crippen LogP contribution >= 0.6 is 11.3 Å². The van der Waals surface area contributed by atoms with Crippen molar-refractivity contribution in [2.45, 2.75) is 43.2 Å². The second-order valence-electron chi connectivity index (χ2n) is 8.55. The van der Waals surface area contributed by atoms with Gasteiger partial charge in [-0.1, -0.05) is 39.0 Å². The highest BCUT2D eigenvalue weighted by Crippen LogP contribution is 2.26. The molecule has 0 aliphatic carbocycles. The first-order chi connectivity index (χ1) is 14.2. The van der Waals surface area contributed by atoms with Gasteiger partial charge in [0.1, 0.15) is 16.6 Å². The molecule has 1 aliphatic rings.